The van der Waals surface area contributed by atoms with Gasteiger partial charge in [0.25, 0.3) is 0 Å². The monoisotopic (exact) mass is 290 g/mol. The third-order valence-electron chi connectivity index (χ3n) is 4.06. The summed E-state index contributed by atoms with van der Waals surface area (Å²) in [5, 5.41) is 3.45. The molecule has 0 unspecified atom stereocenters. The fraction of sp³-hybridized carbons (Fsp3) is 0.588. The lowest BCUT2D eigenvalue weighted by atomic mass is 9.95. The second-order valence-electron chi connectivity index (χ2n) is 6.11. The van der Waals surface area contributed by atoms with Crippen molar-refractivity contribution in [3.8, 4) is 5.75 Å². The number of piperazine rings is 1. The Hall–Kier alpha value is -1.55. The second-order valence-corrected chi connectivity index (χ2v) is 6.11. The van der Waals surface area contributed by atoms with Gasteiger partial charge in [-0.1, -0.05) is 25.1 Å². The summed E-state index contributed by atoms with van der Waals surface area (Å²) in [6.45, 7) is 7.92. The minimum atomic E-state index is 0.161. The van der Waals surface area contributed by atoms with Gasteiger partial charge >= 0.3 is 0 Å². The number of ether oxygens (including phenoxy) is 1. The van der Waals surface area contributed by atoms with Crippen molar-refractivity contribution < 1.29 is 9.53 Å². The predicted molar refractivity (Wildman–Crippen MR) is 84.7 cm³/mol. The van der Waals surface area contributed by atoms with Crippen molar-refractivity contribution in [2.45, 2.75) is 45.2 Å². The molecule has 1 aromatic rings. The van der Waals surface area contributed by atoms with Crippen LogP contribution in [0.15, 0.2) is 24.3 Å². The molecular weight excluding hydrogens is 264 g/mol. The van der Waals surface area contributed by atoms with Crippen LogP contribution in [0.25, 0.3) is 0 Å². The van der Waals surface area contributed by atoms with Gasteiger partial charge in [-0.2, -0.15) is 0 Å². The number of carbonyl (C=O) groups is 1. The Morgan fingerprint density at radius 1 is 1.33 bits per heavy atom. The first-order chi connectivity index (χ1) is 10.0. The van der Waals surface area contributed by atoms with Crippen molar-refractivity contribution in [2.75, 3.05) is 20.2 Å². The molecule has 116 valence electrons. The van der Waals surface area contributed by atoms with Crippen molar-refractivity contribution in [1.82, 2.24) is 10.2 Å². The summed E-state index contributed by atoms with van der Waals surface area (Å²) < 4.78 is 5.39. The molecule has 1 amide bonds. The van der Waals surface area contributed by atoms with Gasteiger partial charge in [0.15, 0.2) is 0 Å². The maximum atomic E-state index is 12.5. The molecule has 4 nitrogen and oxygen atoms in total. The molecule has 0 spiro atoms. The number of nitrogens with zero attached hydrogens (tertiary/aromatic N) is 1. The van der Waals surface area contributed by atoms with Crippen LogP contribution >= 0.6 is 0 Å². The van der Waals surface area contributed by atoms with Gasteiger partial charge in [-0.25, -0.2) is 0 Å². The molecule has 1 heterocycles. The molecule has 1 fully saturated rings. The van der Waals surface area contributed by atoms with Crippen LogP contribution in [-0.2, 0) is 4.79 Å². The first-order valence-corrected chi connectivity index (χ1v) is 7.68. The molecule has 1 N–H and O–H groups in total. The molecule has 0 aliphatic carbocycles. The Kier molecular flexibility index (Phi) is 5.23. The average molecular weight is 290 g/mol. The molecule has 1 aromatic carbocycles. The first-order valence-electron chi connectivity index (χ1n) is 7.68. The number of para-hydroxylation sites is 1. The fourth-order valence-electron chi connectivity index (χ4n) is 3.10. The predicted octanol–water partition coefficient (Wildman–Crippen LogP) is 2.40. The molecule has 0 radical (unpaired) electrons. The van der Waals surface area contributed by atoms with Gasteiger partial charge in [0, 0.05) is 31.6 Å². The Bertz CT molecular complexity index is 479. The molecule has 0 saturated carbocycles. The molecule has 1 aliphatic rings. The van der Waals surface area contributed by atoms with Crippen molar-refractivity contribution in [2.24, 2.45) is 0 Å². The largest absolute Gasteiger partial charge is 0.496 e. The molecule has 0 aromatic heterocycles. The zero-order chi connectivity index (χ0) is 15.4. The molecule has 1 aliphatic heterocycles. The van der Waals surface area contributed by atoms with Gasteiger partial charge in [0.05, 0.1) is 7.11 Å². The summed E-state index contributed by atoms with van der Waals surface area (Å²) in [5.41, 5.74) is 1.10. The Morgan fingerprint density at radius 3 is 2.57 bits per heavy atom. The van der Waals surface area contributed by atoms with E-state index in [1.165, 1.54) is 0 Å². The van der Waals surface area contributed by atoms with Crippen LogP contribution in [0.4, 0.5) is 0 Å². The summed E-state index contributed by atoms with van der Waals surface area (Å²) in [4.78, 5) is 14.5. The summed E-state index contributed by atoms with van der Waals surface area (Å²) in [5.74, 6) is 1.25. The van der Waals surface area contributed by atoms with Gasteiger partial charge in [-0.3, -0.25) is 4.79 Å². The molecule has 0 bridgehead atoms. The second kappa shape index (κ2) is 6.94. The number of nitrogens with one attached hydrogen (secondary N) is 1. The molecule has 3 atom stereocenters. The standard InChI is InChI=1S/C17H26N2O2/c1-12(15-7-5-6-8-16(15)21-4)9-17(20)19-10-13(2)18-14(3)11-19/h5-8,12-14,18H,9-11H2,1-4H3/t12-,13+,14+/m1/s1. The normalized spacial score (nSPS) is 23.7. The lowest BCUT2D eigenvalue weighted by Crippen LogP contribution is -2.55. The van der Waals surface area contributed by atoms with Gasteiger partial charge in [-0.05, 0) is 31.4 Å². The van der Waals surface area contributed by atoms with E-state index in [2.05, 4.69) is 26.1 Å². The summed E-state index contributed by atoms with van der Waals surface area (Å²) >= 11 is 0. The summed E-state index contributed by atoms with van der Waals surface area (Å²) in [6, 6.07) is 8.66. The van der Waals surface area contributed by atoms with Crippen molar-refractivity contribution in [1.29, 1.82) is 0 Å². The fourth-order valence-corrected chi connectivity index (χ4v) is 3.10. The van der Waals surface area contributed by atoms with Crippen molar-refractivity contribution in [3.05, 3.63) is 29.8 Å². The third kappa shape index (κ3) is 3.97. The highest BCUT2D eigenvalue weighted by Gasteiger charge is 2.26. The molecule has 4 heteroatoms. The van der Waals surface area contributed by atoms with Gasteiger partial charge in [-0.15, -0.1) is 0 Å². The van der Waals surface area contributed by atoms with E-state index in [4.69, 9.17) is 4.74 Å². The lowest BCUT2D eigenvalue weighted by molar-refractivity contribution is -0.133. The minimum Gasteiger partial charge on any atom is -0.496 e. The maximum absolute atomic E-state index is 12.5. The molecule has 2 rings (SSSR count). The van der Waals surface area contributed by atoms with Crippen LogP contribution in [0.5, 0.6) is 5.75 Å². The smallest absolute Gasteiger partial charge is 0.223 e. The van der Waals surface area contributed by atoms with Crippen molar-refractivity contribution in [3.63, 3.8) is 0 Å². The van der Waals surface area contributed by atoms with Crippen LogP contribution < -0.4 is 10.1 Å². The van der Waals surface area contributed by atoms with E-state index in [0.717, 1.165) is 24.4 Å². The minimum absolute atomic E-state index is 0.161. The van der Waals surface area contributed by atoms with Crippen LogP contribution in [-0.4, -0.2) is 43.1 Å². The highest BCUT2D eigenvalue weighted by atomic mass is 16.5. The van der Waals surface area contributed by atoms with E-state index in [9.17, 15) is 4.79 Å². The van der Waals surface area contributed by atoms with E-state index in [-0.39, 0.29) is 11.8 Å². The highest BCUT2D eigenvalue weighted by Crippen LogP contribution is 2.29. The van der Waals surface area contributed by atoms with Crippen LogP contribution in [0.2, 0.25) is 0 Å². The van der Waals surface area contributed by atoms with E-state index in [1.54, 1.807) is 7.11 Å². The number of hydrogen-bond donors (Lipinski definition) is 1. The van der Waals surface area contributed by atoms with Crippen LogP contribution in [0, 0.1) is 0 Å². The van der Waals surface area contributed by atoms with Crippen molar-refractivity contribution >= 4 is 5.91 Å². The van der Waals surface area contributed by atoms with E-state index < -0.39 is 0 Å². The highest BCUT2D eigenvalue weighted by molar-refractivity contribution is 5.77. The lowest BCUT2D eigenvalue weighted by Gasteiger charge is -2.36. The molecule has 1 saturated heterocycles. The number of carbonyl (C=O) groups excluding carboxylic acids is 1. The summed E-state index contributed by atoms with van der Waals surface area (Å²) in [7, 11) is 1.67. The van der Waals surface area contributed by atoms with Gasteiger partial charge in [0.1, 0.15) is 5.75 Å². The Morgan fingerprint density at radius 2 is 1.95 bits per heavy atom. The summed E-state index contributed by atoms with van der Waals surface area (Å²) in [6.07, 6.45) is 0.528. The number of amides is 1. The third-order valence-corrected chi connectivity index (χ3v) is 4.06. The van der Waals surface area contributed by atoms with Gasteiger partial charge in [0.2, 0.25) is 5.91 Å². The van der Waals surface area contributed by atoms with E-state index in [1.807, 2.05) is 29.2 Å². The number of methoxy groups -OCH3 is 1. The van der Waals surface area contributed by atoms with Crippen LogP contribution in [0.1, 0.15) is 38.7 Å². The molecular formula is C17H26N2O2. The number of rotatable bonds is 4. The number of hydrogen-bond acceptors (Lipinski definition) is 3. The van der Waals surface area contributed by atoms with E-state index >= 15 is 0 Å². The average Bonchev–Trinajstić information content (AvgIpc) is 2.46. The number of benzene rings is 1. The first kappa shape index (κ1) is 15.8. The quantitative estimate of drug-likeness (QED) is 0.926. The van der Waals surface area contributed by atoms with Crippen LogP contribution in [0.3, 0.4) is 0 Å². The SMILES string of the molecule is COc1ccccc1[C@H](C)CC(=O)N1C[C@H](C)N[C@@H](C)C1. The maximum Gasteiger partial charge on any atom is 0.223 e. The zero-order valence-corrected chi connectivity index (χ0v) is 13.4. The molecule has 21 heavy (non-hydrogen) atoms. The van der Waals surface area contributed by atoms with Gasteiger partial charge < -0.3 is 15.0 Å². The Balaban J connectivity index is 2.01. The topological polar surface area (TPSA) is 41.6 Å². The van der Waals surface area contributed by atoms with E-state index in [0.29, 0.717) is 18.5 Å². The zero-order valence-electron chi connectivity index (χ0n) is 13.4. The Labute approximate surface area is 127 Å².